The Balaban J connectivity index is 1.88. The Hall–Kier alpha value is -1.94. The van der Waals surface area contributed by atoms with E-state index in [0.717, 1.165) is 41.6 Å². The Morgan fingerprint density at radius 3 is 3.05 bits per heavy atom. The molecular formula is C17H20N2O2. The maximum atomic E-state index is 12.5. The zero-order chi connectivity index (χ0) is 14.8. The van der Waals surface area contributed by atoms with Crippen LogP contribution in [-0.2, 0) is 4.74 Å². The smallest absolute Gasteiger partial charge is 0.252 e. The number of para-hydroxylation sites is 1. The minimum atomic E-state index is -0.0494. The number of fused-ring (bicyclic) bond motifs is 1. The van der Waals surface area contributed by atoms with Crippen molar-refractivity contribution >= 4 is 16.8 Å². The van der Waals surface area contributed by atoms with Crippen molar-refractivity contribution in [1.29, 1.82) is 0 Å². The summed E-state index contributed by atoms with van der Waals surface area (Å²) < 4.78 is 5.54. The molecular weight excluding hydrogens is 264 g/mol. The molecule has 1 atom stereocenters. The fourth-order valence-electron chi connectivity index (χ4n) is 2.81. The second-order valence-electron chi connectivity index (χ2n) is 5.63. The van der Waals surface area contributed by atoms with Crippen molar-refractivity contribution < 1.29 is 9.53 Å². The van der Waals surface area contributed by atoms with Crippen LogP contribution in [-0.4, -0.2) is 30.1 Å². The first-order chi connectivity index (χ1) is 10.1. The topological polar surface area (TPSA) is 51.2 Å². The number of carbonyl (C=O) groups is 1. The van der Waals surface area contributed by atoms with Crippen molar-refractivity contribution in [2.24, 2.45) is 0 Å². The van der Waals surface area contributed by atoms with Gasteiger partial charge in [-0.25, -0.2) is 0 Å². The van der Waals surface area contributed by atoms with Crippen LogP contribution in [0.3, 0.4) is 0 Å². The highest BCUT2D eigenvalue weighted by atomic mass is 16.5. The van der Waals surface area contributed by atoms with E-state index in [1.54, 1.807) is 0 Å². The summed E-state index contributed by atoms with van der Waals surface area (Å²) in [6, 6.07) is 7.79. The molecule has 2 heterocycles. The van der Waals surface area contributed by atoms with Gasteiger partial charge < -0.3 is 10.1 Å². The van der Waals surface area contributed by atoms with Crippen molar-refractivity contribution in [2.45, 2.75) is 32.8 Å². The van der Waals surface area contributed by atoms with Gasteiger partial charge in [0.15, 0.2) is 0 Å². The minimum Gasteiger partial charge on any atom is -0.376 e. The zero-order valence-corrected chi connectivity index (χ0v) is 12.5. The number of ether oxygens (including phenoxy) is 1. The third-order valence-electron chi connectivity index (χ3n) is 3.93. The Kier molecular flexibility index (Phi) is 3.88. The van der Waals surface area contributed by atoms with Gasteiger partial charge in [-0.05, 0) is 38.3 Å². The van der Waals surface area contributed by atoms with Gasteiger partial charge in [-0.3, -0.25) is 9.78 Å². The quantitative estimate of drug-likeness (QED) is 0.943. The molecule has 1 amide bonds. The molecule has 1 aliphatic rings. The predicted molar refractivity (Wildman–Crippen MR) is 82.5 cm³/mol. The van der Waals surface area contributed by atoms with Gasteiger partial charge in [-0.15, -0.1) is 0 Å². The lowest BCUT2D eigenvalue weighted by Gasteiger charge is -2.13. The van der Waals surface area contributed by atoms with Crippen LogP contribution in [0.25, 0.3) is 10.9 Å². The monoisotopic (exact) mass is 284 g/mol. The molecule has 1 N–H and O–H groups in total. The first-order valence-corrected chi connectivity index (χ1v) is 7.42. The van der Waals surface area contributed by atoms with E-state index < -0.39 is 0 Å². The van der Waals surface area contributed by atoms with Gasteiger partial charge in [0.05, 0.1) is 17.2 Å². The van der Waals surface area contributed by atoms with E-state index in [1.165, 1.54) is 0 Å². The molecule has 1 saturated heterocycles. The summed E-state index contributed by atoms with van der Waals surface area (Å²) in [7, 11) is 0. The average Bonchev–Trinajstić information content (AvgIpc) is 2.98. The largest absolute Gasteiger partial charge is 0.376 e. The maximum Gasteiger partial charge on any atom is 0.252 e. The molecule has 3 rings (SSSR count). The maximum absolute atomic E-state index is 12.5. The summed E-state index contributed by atoms with van der Waals surface area (Å²) in [4.78, 5) is 17.0. The predicted octanol–water partition coefficient (Wildman–Crippen LogP) is 2.76. The number of aromatic nitrogens is 1. The lowest BCUT2D eigenvalue weighted by Crippen LogP contribution is -2.32. The van der Waals surface area contributed by atoms with Crippen LogP contribution in [0.5, 0.6) is 0 Å². The number of pyridine rings is 1. The van der Waals surface area contributed by atoms with Gasteiger partial charge in [-0.1, -0.05) is 18.2 Å². The number of rotatable bonds is 3. The SMILES string of the molecule is Cc1cc(C(=O)NCC2CCCO2)c2cccc(C)c2n1. The second-order valence-corrected chi connectivity index (χ2v) is 5.63. The molecule has 1 unspecified atom stereocenters. The van der Waals surface area contributed by atoms with Crippen molar-refractivity contribution in [1.82, 2.24) is 10.3 Å². The van der Waals surface area contributed by atoms with Gasteiger partial charge in [0.25, 0.3) is 5.91 Å². The number of nitrogens with one attached hydrogen (secondary N) is 1. The summed E-state index contributed by atoms with van der Waals surface area (Å²) >= 11 is 0. The van der Waals surface area contributed by atoms with E-state index in [1.807, 2.05) is 38.1 Å². The van der Waals surface area contributed by atoms with Crippen molar-refractivity contribution in [3.63, 3.8) is 0 Å². The van der Waals surface area contributed by atoms with Gasteiger partial charge in [0, 0.05) is 24.2 Å². The first-order valence-electron chi connectivity index (χ1n) is 7.42. The summed E-state index contributed by atoms with van der Waals surface area (Å²) in [6.07, 6.45) is 2.26. The van der Waals surface area contributed by atoms with Gasteiger partial charge in [-0.2, -0.15) is 0 Å². The molecule has 110 valence electrons. The normalized spacial score (nSPS) is 18.1. The van der Waals surface area contributed by atoms with Crippen molar-refractivity contribution in [3.05, 3.63) is 41.1 Å². The molecule has 0 spiro atoms. The van der Waals surface area contributed by atoms with Crippen LogP contribution < -0.4 is 5.32 Å². The Morgan fingerprint density at radius 2 is 2.29 bits per heavy atom. The van der Waals surface area contributed by atoms with Gasteiger partial charge in [0.1, 0.15) is 0 Å². The highest BCUT2D eigenvalue weighted by molar-refractivity contribution is 6.06. The van der Waals surface area contributed by atoms with Crippen molar-refractivity contribution in [3.8, 4) is 0 Å². The number of hydrogen-bond acceptors (Lipinski definition) is 3. The number of aryl methyl sites for hydroxylation is 2. The van der Waals surface area contributed by atoms with Crippen LogP contribution in [0, 0.1) is 13.8 Å². The summed E-state index contributed by atoms with van der Waals surface area (Å²) in [5.41, 5.74) is 3.54. The lowest BCUT2D eigenvalue weighted by atomic mass is 10.0. The van der Waals surface area contributed by atoms with E-state index in [2.05, 4.69) is 10.3 Å². The van der Waals surface area contributed by atoms with E-state index in [9.17, 15) is 4.79 Å². The van der Waals surface area contributed by atoms with E-state index >= 15 is 0 Å². The summed E-state index contributed by atoms with van der Waals surface area (Å²) in [6.45, 7) is 5.32. The number of amides is 1. The number of hydrogen-bond donors (Lipinski definition) is 1. The molecule has 0 bridgehead atoms. The summed E-state index contributed by atoms with van der Waals surface area (Å²) in [5, 5.41) is 3.90. The molecule has 0 radical (unpaired) electrons. The van der Waals surface area contributed by atoms with Crippen LogP contribution in [0.1, 0.15) is 34.5 Å². The molecule has 1 aliphatic heterocycles. The molecule has 0 aliphatic carbocycles. The molecule has 4 nitrogen and oxygen atoms in total. The number of carbonyl (C=O) groups excluding carboxylic acids is 1. The Morgan fingerprint density at radius 1 is 1.43 bits per heavy atom. The second kappa shape index (κ2) is 5.82. The molecule has 2 aromatic rings. The highest BCUT2D eigenvalue weighted by Crippen LogP contribution is 2.21. The zero-order valence-electron chi connectivity index (χ0n) is 12.5. The molecule has 1 fully saturated rings. The van der Waals surface area contributed by atoms with Gasteiger partial charge in [0.2, 0.25) is 0 Å². The first kappa shape index (κ1) is 14.0. The van der Waals surface area contributed by atoms with Gasteiger partial charge >= 0.3 is 0 Å². The van der Waals surface area contributed by atoms with Crippen molar-refractivity contribution in [2.75, 3.05) is 13.2 Å². The van der Waals surface area contributed by atoms with Crippen LogP contribution in [0.15, 0.2) is 24.3 Å². The third kappa shape index (κ3) is 2.90. The minimum absolute atomic E-state index is 0.0494. The fraction of sp³-hybridized carbons (Fsp3) is 0.412. The van der Waals surface area contributed by atoms with E-state index in [4.69, 9.17) is 4.74 Å². The molecule has 1 aromatic heterocycles. The molecule has 21 heavy (non-hydrogen) atoms. The summed E-state index contributed by atoms with van der Waals surface area (Å²) in [5.74, 6) is -0.0494. The number of benzene rings is 1. The van der Waals surface area contributed by atoms with Crippen LogP contribution >= 0.6 is 0 Å². The average molecular weight is 284 g/mol. The Bertz CT molecular complexity index is 676. The molecule has 4 heteroatoms. The molecule has 1 aromatic carbocycles. The standard InChI is InChI=1S/C17H20N2O2/c1-11-5-3-7-14-15(9-12(2)19-16(11)14)17(20)18-10-13-6-4-8-21-13/h3,5,7,9,13H,4,6,8,10H2,1-2H3,(H,18,20). The fourth-order valence-corrected chi connectivity index (χ4v) is 2.81. The lowest BCUT2D eigenvalue weighted by molar-refractivity contribution is 0.0859. The number of nitrogens with zero attached hydrogens (tertiary/aromatic N) is 1. The Labute approximate surface area is 124 Å². The third-order valence-corrected chi connectivity index (χ3v) is 3.93. The molecule has 0 saturated carbocycles. The highest BCUT2D eigenvalue weighted by Gasteiger charge is 2.18. The van der Waals surface area contributed by atoms with Crippen LogP contribution in [0.4, 0.5) is 0 Å². The van der Waals surface area contributed by atoms with Crippen LogP contribution in [0.2, 0.25) is 0 Å². The van der Waals surface area contributed by atoms with E-state index in [0.29, 0.717) is 12.1 Å². The van der Waals surface area contributed by atoms with E-state index in [-0.39, 0.29) is 12.0 Å².